The van der Waals surface area contributed by atoms with E-state index in [9.17, 15) is 14.7 Å². The smallest absolute Gasteiger partial charge is 0.295 e. The predicted octanol–water partition coefficient (Wildman–Crippen LogP) is 3.82. The number of ketones is 1. The van der Waals surface area contributed by atoms with Crippen molar-refractivity contribution in [3.8, 4) is 0 Å². The number of carbonyl (C=O) groups is 2. The average Bonchev–Trinajstić information content (AvgIpc) is 3.31. The Morgan fingerprint density at radius 2 is 1.82 bits per heavy atom. The van der Waals surface area contributed by atoms with Crippen LogP contribution < -0.4 is 0 Å². The van der Waals surface area contributed by atoms with E-state index in [4.69, 9.17) is 0 Å². The molecule has 0 bridgehead atoms. The van der Waals surface area contributed by atoms with Gasteiger partial charge in [-0.05, 0) is 31.5 Å². The molecule has 0 spiro atoms. The fourth-order valence-electron chi connectivity index (χ4n) is 3.51. The number of hydrogen-bond donors (Lipinski definition) is 1. The zero-order valence-corrected chi connectivity index (χ0v) is 17.3. The average molecular weight is 399 g/mol. The number of aliphatic hydroxyl groups is 1. The molecule has 0 aliphatic carbocycles. The first-order valence-corrected chi connectivity index (χ1v) is 10.5. The number of hydrogen-bond acceptors (Lipinski definition) is 5. The molecule has 1 aliphatic heterocycles. The van der Waals surface area contributed by atoms with Crippen LogP contribution in [0.3, 0.4) is 0 Å². The van der Waals surface area contributed by atoms with Crippen molar-refractivity contribution >= 4 is 28.8 Å². The second kappa shape index (κ2) is 8.71. The molecule has 28 heavy (non-hydrogen) atoms. The topological polar surface area (TPSA) is 60.9 Å². The van der Waals surface area contributed by atoms with Crippen LogP contribution in [0.25, 0.3) is 5.76 Å². The summed E-state index contributed by atoms with van der Waals surface area (Å²) in [7, 11) is 0. The van der Waals surface area contributed by atoms with Crippen molar-refractivity contribution in [1.29, 1.82) is 0 Å². The van der Waals surface area contributed by atoms with Gasteiger partial charge in [0.05, 0.1) is 11.6 Å². The second-order valence-corrected chi connectivity index (χ2v) is 7.88. The third-order valence-electron chi connectivity index (χ3n) is 5.23. The van der Waals surface area contributed by atoms with Crippen LogP contribution in [0.2, 0.25) is 0 Å². The highest BCUT2D eigenvalue weighted by atomic mass is 32.1. The van der Waals surface area contributed by atoms with Crippen molar-refractivity contribution in [3.05, 3.63) is 63.4 Å². The third-order valence-corrected chi connectivity index (χ3v) is 6.15. The van der Waals surface area contributed by atoms with Crippen LogP contribution in [0.15, 0.2) is 47.4 Å². The summed E-state index contributed by atoms with van der Waals surface area (Å²) in [6.45, 7) is 9.01. The van der Waals surface area contributed by atoms with Crippen LogP contribution in [0, 0.1) is 6.92 Å². The van der Waals surface area contributed by atoms with Gasteiger partial charge in [-0.2, -0.15) is 0 Å². The fourth-order valence-corrected chi connectivity index (χ4v) is 4.35. The van der Waals surface area contributed by atoms with Crippen LogP contribution in [0.1, 0.15) is 35.9 Å². The largest absolute Gasteiger partial charge is 0.507 e. The van der Waals surface area contributed by atoms with E-state index in [0.717, 1.165) is 23.5 Å². The van der Waals surface area contributed by atoms with Crippen LogP contribution in [-0.2, 0) is 9.59 Å². The first-order chi connectivity index (χ1) is 13.5. The van der Waals surface area contributed by atoms with Gasteiger partial charge in [-0.25, -0.2) is 0 Å². The standard InChI is InChI=1S/C22H26N2O3S/c1-4-23(5-2)12-13-24-19(17-7-6-14-28-17)18(21(26)22(24)27)20(25)16-10-8-15(3)9-11-16/h6-11,14,19,25H,4-5,12-13H2,1-3H3/b20-18+/t19-/m1/s1. The fraction of sp³-hybridized carbons (Fsp3) is 0.364. The molecule has 3 rings (SSSR count). The Labute approximate surface area is 169 Å². The molecule has 1 amide bonds. The SMILES string of the molecule is CCN(CC)CCN1C(=O)C(=O)/C(=C(/O)c2ccc(C)cc2)[C@H]1c1cccs1. The molecule has 5 nitrogen and oxygen atoms in total. The maximum atomic E-state index is 12.9. The molecule has 1 N–H and O–H groups in total. The Balaban J connectivity index is 2.03. The first-order valence-electron chi connectivity index (χ1n) is 9.59. The zero-order valence-electron chi connectivity index (χ0n) is 16.5. The minimum atomic E-state index is -0.615. The minimum absolute atomic E-state index is 0.109. The first kappa shape index (κ1) is 20.3. The van der Waals surface area contributed by atoms with Crippen molar-refractivity contribution in [3.63, 3.8) is 0 Å². The summed E-state index contributed by atoms with van der Waals surface area (Å²) in [6, 6.07) is 10.6. The summed E-state index contributed by atoms with van der Waals surface area (Å²) in [5.41, 5.74) is 1.79. The van der Waals surface area contributed by atoms with Gasteiger partial charge in [0.1, 0.15) is 5.76 Å². The molecule has 2 aromatic rings. The van der Waals surface area contributed by atoms with Gasteiger partial charge < -0.3 is 14.9 Å². The van der Waals surface area contributed by atoms with Gasteiger partial charge in [0, 0.05) is 23.5 Å². The number of aliphatic hydroxyl groups excluding tert-OH is 1. The molecule has 1 fully saturated rings. The Kier molecular flexibility index (Phi) is 6.31. The molecule has 0 saturated carbocycles. The van der Waals surface area contributed by atoms with Crippen LogP contribution >= 0.6 is 11.3 Å². The number of thiophene rings is 1. The van der Waals surface area contributed by atoms with E-state index in [-0.39, 0.29) is 11.3 Å². The number of benzene rings is 1. The van der Waals surface area contributed by atoms with E-state index < -0.39 is 17.7 Å². The predicted molar refractivity (Wildman–Crippen MR) is 112 cm³/mol. The molecule has 0 radical (unpaired) electrons. The number of Topliss-reactive ketones (excluding diaryl/α,β-unsaturated/α-hetero) is 1. The van der Waals surface area contributed by atoms with Gasteiger partial charge in [0.15, 0.2) is 0 Å². The third kappa shape index (κ3) is 3.88. The van der Waals surface area contributed by atoms with Gasteiger partial charge in [-0.3, -0.25) is 9.59 Å². The normalized spacial score (nSPS) is 19.0. The van der Waals surface area contributed by atoms with E-state index in [2.05, 4.69) is 18.7 Å². The van der Waals surface area contributed by atoms with E-state index >= 15 is 0 Å². The molecule has 1 saturated heterocycles. The highest BCUT2D eigenvalue weighted by molar-refractivity contribution is 7.10. The molecular weight excluding hydrogens is 372 g/mol. The van der Waals surface area contributed by atoms with Crippen LogP contribution in [-0.4, -0.2) is 52.8 Å². The monoisotopic (exact) mass is 398 g/mol. The lowest BCUT2D eigenvalue weighted by Gasteiger charge is -2.27. The molecule has 1 aromatic carbocycles. The molecule has 2 heterocycles. The zero-order chi connectivity index (χ0) is 20.3. The molecule has 6 heteroatoms. The Bertz CT molecular complexity index is 868. The minimum Gasteiger partial charge on any atom is -0.507 e. The summed E-state index contributed by atoms with van der Waals surface area (Å²) in [4.78, 5) is 30.4. The van der Waals surface area contributed by atoms with E-state index in [1.807, 2.05) is 36.6 Å². The van der Waals surface area contributed by atoms with Crippen molar-refractivity contribution in [2.75, 3.05) is 26.2 Å². The Morgan fingerprint density at radius 1 is 1.14 bits per heavy atom. The quantitative estimate of drug-likeness (QED) is 0.438. The van der Waals surface area contributed by atoms with Gasteiger partial charge in [0.25, 0.3) is 11.7 Å². The number of likely N-dealkylation sites (N-methyl/N-ethyl adjacent to an activating group) is 1. The Morgan fingerprint density at radius 3 is 2.39 bits per heavy atom. The van der Waals surface area contributed by atoms with E-state index in [0.29, 0.717) is 18.7 Å². The molecular formula is C22H26N2O3S. The molecule has 148 valence electrons. The lowest BCUT2D eigenvalue weighted by atomic mass is 9.99. The lowest BCUT2D eigenvalue weighted by Crippen LogP contribution is -2.37. The number of aryl methyl sites for hydroxylation is 1. The van der Waals surface area contributed by atoms with Crippen LogP contribution in [0.4, 0.5) is 0 Å². The van der Waals surface area contributed by atoms with Crippen molar-refractivity contribution in [1.82, 2.24) is 9.80 Å². The van der Waals surface area contributed by atoms with E-state index in [1.54, 1.807) is 17.0 Å². The van der Waals surface area contributed by atoms with Gasteiger partial charge in [-0.1, -0.05) is 49.7 Å². The van der Waals surface area contributed by atoms with Crippen LogP contribution in [0.5, 0.6) is 0 Å². The molecule has 1 atom stereocenters. The number of amides is 1. The highest BCUT2D eigenvalue weighted by Gasteiger charge is 2.46. The van der Waals surface area contributed by atoms with Gasteiger partial charge >= 0.3 is 0 Å². The maximum absolute atomic E-state index is 12.9. The lowest BCUT2D eigenvalue weighted by molar-refractivity contribution is -0.140. The van der Waals surface area contributed by atoms with Crippen molar-refractivity contribution < 1.29 is 14.7 Å². The van der Waals surface area contributed by atoms with Crippen molar-refractivity contribution in [2.24, 2.45) is 0 Å². The van der Waals surface area contributed by atoms with E-state index in [1.165, 1.54) is 11.3 Å². The number of carbonyl (C=O) groups excluding carboxylic acids is 2. The number of likely N-dealkylation sites (tertiary alicyclic amines) is 1. The van der Waals surface area contributed by atoms with Gasteiger partial charge in [0.2, 0.25) is 0 Å². The summed E-state index contributed by atoms with van der Waals surface area (Å²) < 4.78 is 0. The highest BCUT2D eigenvalue weighted by Crippen LogP contribution is 2.40. The van der Waals surface area contributed by atoms with Crippen molar-refractivity contribution in [2.45, 2.75) is 26.8 Å². The molecule has 1 aliphatic rings. The summed E-state index contributed by atoms with van der Waals surface area (Å²) in [5, 5.41) is 12.9. The number of nitrogens with zero attached hydrogens (tertiary/aromatic N) is 2. The molecule has 1 aromatic heterocycles. The maximum Gasteiger partial charge on any atom is 0.295 e. The summed E-state index contributed by atoms with van der Waals surface area (Å²) in [5.74, 6) is -1.27. The molecule has 0 unspecified atom stereocenters. The summed E-state index contributed by atoms with van der Waals surface area (Å²) >= 11 is 1.49. The second-order valence-electron chi connectivity index (χ2n) is 6.90. The van der Waals surface area contributed by atoms with Gasteiger partial charge in [-0.15, -0.1) is 11.3 Å². The number of rotatable bonds is 7. The Hall–Kier alpha value is -2.44. The summed E-state index contributed by atoms with van der Waals surface area (Å²) in [6.07, 6.45) is 0.